The third kappa shape index (κ3) is 130. The first-order valence-corrected chi connectivity index (χ1v) is 10.7. The highest BCUT2D eigenvalue weighted by molar-refractivity contribution is 5.44. The Morgan fingerprint density at radius 1 is 1.23 bits per heavy atom. The van der Waals surface area contributed by atoms with E-state index in [1.165, 1.54) is 19.8 Å². The number of unbranched alkanes of at least 4 members (excludes halogenated alkanes) is 1. The van der Waals surface area contributed by atoms with Gasteiger partial charge in [-0.1, -0.05) is 54.0 Å². The Labute approximate surface area is 189 Å². The summed E-state index contributed by atoms with van der Waals surface area (Å²) in [5.74, 6) is 0.525. The minimum Gasteiger partial charge on any atom is -0.399 e. The highest BCUT2D eigenvalue weighted by Crippen LogP contribution is 1.90. The van der Waals surface area contributed by atoms with Crippen LogP contribution in [0.15, 0.2) is 24.6 Å². The smallest absolute Gasteiger partial charge is 0.116 e. The zero-order chi connectivity index (χ0) is 25.2. The standard InChI is InChI=1S/C7H17NO2.C5H10N2.C4H10.C3H9N.C2H4O.C2H6/c1-7(6-10-2)5-8-3-4-9;1-5(6)3-4-7-2;1-3-4-2;1-4(2)3;1-2-3;1-2/h7-9H,3-6H2,1-2H3;3-4,7H,1,6H2,2H3;3-4H2,1-2H3;1-3H3;2H,1H3;1-2H3/b;4-3-;;;;. The van der Waals surface area contributed by atoms with E-state index in [1.807, 2.05) is 39.9 Å². The van der Waals surface area contributed by atoms with Gasteiger partial charge in [0.1, 0.15) is 6.29 Å². The number of methoxy groups -OCH3 is 1. The normalized spacial score (nSPS) is 9.50. The van der Waals surface area contributed by atoms with Crippen LogP contribution in [0.2, 0.25) is 0 Å². The van der Waals surface area contributed by atoms with Crippen molar-refractivity contribution in [2.75, 3.05) is 61.6 Å². The van der Waals surface area contributed by atoms with Crippen molar-refractivity contribution in [2.45, 2.75) is 54.4 Å². The molecule has 7 heteroatoms. The number of hydrogen-bond donors (Lipinski definition) is 4. The van der Waals surface area contributed by atoms with E-state index in [2.05, 4.69) is 38.0 Å². The number of nitrogens with one attached hydrogen (secondary N) is 2. The highest BCUT2D eigenvalue weighted by Gasteiger charge is 1.98. The van der Waals surface area contributed by atoms with Crippen LogP contribution in [0.1, 0.15) is 54.4 Å². The molecule has 0 spiro atoms. The van der Waals surface area contributed by atoms with E-state index in [0.29, 0.717) is 18.2 Å². The molecule has 0 aliphatic carbocycles. The van der Waals surface area contributed by atoms with Gasteiger partial charge in [0, 0.05) is 33.0 Å². The van der Waals surface area contributed by atoms with Crippen molar-refractivity contribution in [1.29, 1.82) is 0 Å². The van der Waals surface area contributed by atoms with E-state index in [9.17, 15) is 0 Å². The highest BCUT2D eigenvalue weighted by atomic mass is 16.5. The zero-order valence-electron chi connectivity index (χ0n) is 22.0. The van der Waals surface area contributed by atoms with Crippen molar-refractivity contribution >= 4 is 6.29 Å². The Morgan fingerprint density at radius 3 is 1.83 bits per heavy atom. The molecule has 0 fully saturated rings. The first-order chi connectivity index (χ1) is 14.1. The molecule has 5 N–H and O–H groups in total. The quantitative estimate of drug-likeness (QED) is 0.250. The van der Waals surface area contributed by atoms with Crippen molar-refractivity contribution in [2.24, 2.45) is 11.7 Å². The van der Waals surface area contributed by atoms with Crippen LogP contribution in [0.4, 0.5) is 0 Å². The topological polar surface area (TPSA) is 99.9 Å². The van der Waals surface area contributed by atoms with E-state index >= 15 is 0 Å². The summed E-state index contributed by atoms with van der Waals surface area (Å²) in [6, 6.07) is 0. The molecular weight excluding hydrogens is 380 g/mol. The molecule has 0 aliphatic rings. The number of aliphatic hydroxyl groups is 1. The molecule has 7 nitrogen and oxygen atoms in total. The molecule has 0 rings (SSSR count). The van der Waals surface area contributed by atoms with E-state index in [-0.39, 0.29) is 6.61 Å². The number of aliphatic hydroxyl groups excluding tert-OH is 1. The maximum atomic E-state index is 8.81. The summed E-state index contributed by atoms with van der Waals surface area (Å²) in [6.07, 6.45) is 6.81. The SMILES string of the molecule is C=C(N)/C=C\NC.CC.CC=O.CCCC.CN(C)C.COCC(C)CNCCO. The van der Waals surface area contributed by atoms with Crippen molar-refractivity contribution in [3.05, 3.63) is 24.6 Å². The lowest BCUT2D eigenvalue weighted by atomic mass is 10.2. The second-order valence-corrected chi connectivity index (χ2v) is 6.26. The molecule has 0 saturated heterocycles. The summed E-state index contributed by atoms with van der Waals surface area (Å²) in [6.45, 7) is 17.9. The van der Waals surface area contributed by atoms with Gasteiger partial charge in [-0.15, -0.1) is 0 Å². The number of aldehydes is 1. The summed E-state index contributed by atoms with van der Waals surface area (Å²) in [4.78, 5) is 10.8. The Bertz CT molecular complexity index is 295. The lowest BCUT2D eigenvalue weighted by Gasteiger charge is -2.09. The number of nitrogens with two attached hydrogens (primary N) is 1. The molecule has 0 saturated carbocycles. The molecule has 1 unspecified atom stereocenters. The summed E-state index contributed by atoms with van der Waals surface area (Å²) in [5.41, 5.74) is 5.72. The monoisotopic (exact) mass is 436 g/mol. The van der Waals surface area contributed by atoms with Crippen LogP contribution in [0, 0.1) is 5.92 Å². The summed E-state index contributed by atoms with van der Waals surface area (Å²) < 4.78 is 4.93. The number of rotatable bonds is 9. The van der Waals surface area contributed by atoms with Crippen LogP contribution in [0.5, 0.6) is 0 Å². The molecule has 0 bridgehead atoms. The number of carbonyl (C=O) groups is 1. The predicted octanol–water partition coefficient (Wildman–Crippen LogP) is 3.26. The lowest BCUT2D eigenvalue weighted by molar-refractivity contribution is -0.106. The number of nitrogens with zero attached hydrogens (tertiary/aromatic N) is 1. The number of ether oxygens (including phenoxy) is 1. The Morgan fingerprint density at radius 2 is 1.63 bits per heavy atom. The van der Waals surface area contributed by atoms with Gasteiger partial charge in [-0.3, -0.25) is 0 Å². The number of carbonyl (C=O) groups excluding carboxylic acids is 1. The largest absolute Gasteiger partial charge is 0.399 e. The van der Waals surface area contributed by atoms with Gasteiger partial charge in [-0.25, -0.2) is 0 Å². The molecule has 1 atom stereocenters. The Kier molecular flexibility index (Phi) is 72.3. The summed E-state index contributed by atoms with van der Waals surface area (Å²) >= 11 is 0. The van der Waals surface area contributed by atoms with Crippen molar-refractivity contribution < 1.29 is 14.6 Å². The molecule has 186 valence electrons. The van der Waals surface area contributed by atoms with Gasteiger partial charge in [0.05, 0.1) is 6.61 Å². The number of hydrogen-bond acceptors (Lipinski definition) is 7. The molecule has 30 heavy (non-hydrogen) atoms. The fraction of sp³-hybridized carbons (Fsp3) is 0.783. The minimum atomic E-state index is 0.208. The second-order valence-electron chi connectivity index (χ2n) is 6.26. The van der Waals surface area contributed by atoms with E-state index < -0.39 is 0 Å². The van der Waals surface area contributed by atoms with E-state index in [0.717, 1.165) is 19.4 Å². The van der Waals surface area contributed by atoms with E-state index in [4.69, 9.17) is 20.4 Å². The molecule has 0 aromatic rings. The average molecular weight is 437 g/mol. The van der Waals surface area contributed by atoms with Crippen LogP contribution in [-0.4, -0.2) is 77.9 Å². The van der Waals surface area contributed by atoms with Gasteiger partial charge in [-0.05, 0) is 52.8 Å². The minimum absolute atomic E-state index is 0.208. The first kappa shape index (κ1) is 42.6. The van der Waals surface area contributed by atoms with Crippen molar-refractivity contribution in [3.8, 4) is 0 Å². The maximum absolute atomic E-state index is 8.81. The van der Waals surface area contributed by atoms with Crippen molar-refractivity contribution in [1.82, 2.24) is 15.5 Å². The van der Waals surface area contributed by atoms with Crippen LogP contribution in [0.25, 0.3) is 0 Å². The van der Waals surface area contributed by atoms with Crippen LogP contribution in [0.3, 0.4) is 0 Å². The van der Waals surface area contributed by atoms with E-state index in [1.54, 1.807) is 26.4 Å². The van der Waals surface area contributed by atoms with Crippen molar-refractivity contribution in [3.63, 3.8) is 0 Å². The van der Waals surface area contributed by atoms with Crippen LogP contribution >= 0.6 is 0 Å². The van der Waals surface area contributed by atoms with Crippen LogP contribution < -0.4 is 16.4 Å². The summed E-state index contributed by atoms with van der Waals surface area (Å²) in [5, 5.41) is 14.3. The molecule has 0 aliphatic heterocycles. The Balaban J connectivity index is -0.0000000631. The first-order valence-electron chi connectivity index (χ1n) is 10.7. The lowest BCUT2D eigenvalue weighted by Crippen LogP contribution is -2.26. The van der Waals surface area contributed by atoms with Gasteiger partial charge in [0.25, 0.3) is 0 Å². The fourth-order valence-corrected chi connectivity index (χ4v) is 0.961. The van der Waals surface area contributed by atoms with Crippen LogP contribution in [-0.2, 0) is 9.53 Å². The van der Waals surface area contributed by atoms with Gasteiger partial charge in [0.15, 0.2) is 0 Å². The zero-order valence-corrected chi connectivity index (χ0v) is 22.0. The van der Waals surface area contributed by atoms with Gasteiger partial charge >= 0.3 is 0 Å². The van der Waals surface area contributed by atoms with Gasteiger partial charge in [0.2, 0.25) is 0 Å². The molecule has 0 radical (unpaired) electrons. The number of allylic oxidation sites excluding steroid dienone is 1. The second kappa shape index (κ2) is 50.8. The maximum Gasteiger partial charge on any atom is 0.116 e. The molecule has 0 aromatic heterocycles. The summed E-state index contributed by atoms with van der Waals surface area (Å²) in [7, 11) is 9.50. The molecule has 0 aromatic carbocycles. The fourth-order valence-electron chi connectivity index (χ4n) is 0.961. The molecule has 0 amide bonds. The molecular formula is C23H56N4O3. The average Bonchev–Trinajstić information content (AvgIpc) is 2.69. The molecule has 0 heterocycles. The van der Waals surface area contributed by atoms with Gasteiger partial charge < -0.3 is 35.9 Å². The predicted molar refractivity (Wildman–Crippen MR) is 136 cm³/mol. The Hall–Kier alpha value is -1.41. The third-order valence-electron chi connectivity index (χ3n) is 2.20. The van der Waals surface area contributed by atoms with Gasteiger partial charge in [-0.2, -0.15) is 0 Å². The third-order valence-corrected chi connectivity index (χ3v) is 2.20.